The number of carbonyl (C=O) groups excluding carboxylic acids is 1. The summed E-state index contributed by atoms with van der Waals surface area (Å²) in [5, 5.41) is 6.76. The first-order chi connectivity index (χ1) is 16.8. The van der Waals surface area contributed by atoms with Crippen molar-refractivity contribution in [1.29, 1.82) is 0 Å². The fraction of sp³-hybridized carbons (Fsp3) is 0.500. The number of sulfonamides is 1. The molecule has 2 fully saturated rings. The van der Waals surface area contributed by atoms with Gasteiger partial charge in [-0.3, -0.25) is 4.79 Å². The molecular weight excluding hydrogens is 478 g/mol. The van der Waals surface area contributed by atoms with E-state index in [0.717, 1.165) is 31.8 Å². The predicted octanol–water partition coefficient (Wildman–Crippen LogP) is 3.04. The van der Waals surface area contributed by atoms with Crippen LogP contribution in [0.2, 0.25) is 0 Å². The minimum absolute atomic E-state index is 0.0343. The Kier molecular flexibility index (Phi) is 7.98. The number of aromatic nitrogens is 1. The molecule has 1 aromatic carbocycles. The summed E-state index contributed by atoms with van der Waals surface area (Å²) in [5.74, 6) is -1.78. The van der Waals surface area contributed by atoms with Crippen LogP contribution in [-0.2, 0) is 14.8 Å². The third-order valence-electron chi connectivity index (χ3n) is 6.56. The number of amides is 1. The first kappa shape index (κ1) is 25.5. The molecule has 35 heavy (non-hydrogen) atoms. The molecule has 3 heterocycles. The third-order valence-corrected chi connectivity index (χ3v) is 8.62. The second-order valence-electron chi connectivity index (χ2n) is 8.98. The van der Waals surface area contributed by atoms with E-state index in [1.807, 2.05) is 0 Å². The van der Waals surface area contributed by atoms with Crippen LogP contribution in [0.5, 0.6) is 0 Å². The van der Waals surface area contributed by atoms with Gasteiger partial charge in [0.15, 0.2) is 10.7 Å². The average Bonchev–Trinajstić information content (AvgIpc) is 3.48. The minimum atomic E-state index is -3.94. The lowest BCUT2D eigenvalue weighted by molar-refractivity contribution is -0.126. The lowest BCUT2D eigenvalue weighted by atomic mass is 9.97. The molecule has 1 amide bonds. The van der Waals surface area contributed by atoms with Gasteiger partial charge in [0.05, 0.1) is 0 Å². The molecule has 0 atom stereocenters. The normalized spacial score (nSPS) is 18.5. The molecule has 2 aromatic rings. The van der Waals surface area contributed by atoms with Gasteiger partial charge >= 0.3 is 0 Å². The Labute approximate surface area is 204 Å². The zero-order valence-electron chi connectivity index (χ0n) is 19.7. The van der Waals surface area contributed by atoms with E-state index in [1.165, 1.54) is 42.3 Å². The quantitative estimate of drug-likeness (QED) is 0.589. The van der Waals surface area contributed by atoms with Crippen LogP contribution >= 0.6 is 0 Å². The molecule has 0 radical (unpaired) electrons. The zero-order chi connectivity index (χ0) is 25.0. The maximum atomic E-state index is 13.9. The van der Waals surface area contributed by atoms with Crippen molar-refractivity contribution in [2.45, 2.75) is 37.5 Å². The van der Waals surface area contributed by atoms with E-state index < -0.39 is 21.7 Å². The van der Waals surface area contributed by atoms with Crippen molar-refractivity contribution in [3.8, 4) is 0 Å². The summed E-state index contributed by atoms with van der Waals surface area (Å²) in [6.07, 6.45) is 5.87. The van der Waals surface area contributed by atoms with Crippen molar-refractivity contribution in [2.24, 2.45) is 5.92 Å². The number of aryl methyl sites for hydroxylation is 1. The van der Waals surface area contributed by atoms with Gasteiger partial charge in [0.2, 0.25) is 15.9 Å². The SMILES string of the molecule is Cc1noc(/C=C/c2ccc(F)cc2F)c1S(=O)(=O)N1CCC(C(=O)NCCN2CCCC2)CC1. The Morgan fingerprint density at radius 3 is 2.57 bits per heavy atom. The van der Waals surface area contributed by atoms with E-state index in [1.54, 1.807) is 0 Å². The Bertz CT molecular complexity index is 1180. The molecule has 8 nitrogen and oxygen atoms in total. The number of halogens is 2. The standard InChI is InChI=1S/C24H30F2N4O4S/c1-17-23(22(34-28-17)7-5-18-4-6-20(25)16-21(18)26)35(32,33)30-13-8-19(9-14-30)24(31)27-10-15-29-11-2-3-12-29/h4-7,16,19H,2-3,8-15H2,1H3,(H,27,31)/b7-5+. The molecule has 0 saturated carbocycles. The van der Waals surface area contributed by atoms with Crippen LogP contribution in [0.4, 0.5) is 8.78 Å². The van der Waals surface area contributed by atoms with Gasteiger partial charge in [0, 0.05) is 43.7 Å². The van der Waals surface area contributed by atoms with E-state index in [4.69, 9.17) is 4.52 Å². The molecular formula is C24H30F2N4O4S. The Morgan fingerprint density at radius 2 is 1.89 bits per heavy atom. The number of nitrogens with one attached hydrogen (secondary N) is 1. The van der Waals surface area contributed by atoms with Gasteiger partial charge in [-0.15, -0.1) is 0 Å². The average molecular weight is 509 g/mol. The Balaban J connectivity index is 1.38. The summed E-state index contributed by atoms with van der Waals surface area (Å²) in [7, 11) is -3.94. The van der Waals surface area contributed by atoms with E-state index in [-0.39, 0.29) is 46.8 Å². The predicted molar refractivity (Wildman–Crippen MR) is 127 cm³/mol. The van der Waals surface area contributed by atoms with Crippen LogP contribution < -0.4 is 5.32 Å². The molecule has 1 N–H and O–H groups in total. The van der Waals surface area contributed by atoms with Gasteiger partial charge in [-0.05, 0) is 70.0 Å². The summed E-state index contributed by atoms with van der Waals surface area (Å²) >= 11 is 0. The molecule has 1 aromatic heterocycles. The summed E-state index contributed by atoms with van der Waals surface area (Å²) in [6.45, 7) is 5.51. The number of likely N-dealkylation sites (tertiary alicyclic amines) is 1. The molecule has 0 spiro atoms. The van der Waals surface area contributed by atoms with Crippen LogP contribution in [-0.4, -0.2) is 68.0 Å². The van der Waals surface area contributed by atoms with Crippen LogP contribution in [0.3, 0.4) is 0 Å². The van der Waals surface area contributed by atoms with Crippen LogP contribution in [0.1, 0.15) is 42.7 Å². The Morgan fingerprint density at radius 1 is 1.17 bits per heavy atom. The third kappa shape index (κ3) is 5.96. The first-order valence-electron chi connectivity index (χ1n) is 11.9. The van der Waals surface area contributed by atoms with Gasteiger partial charge in [-0.2, -0.15) is 4.31 Å². The number of carbonyl (C=O) groups is 1. The van der Waals surface area contributed by atoms with Gasteiger partial charge in [-0.25, -0.2) is 17.2 Å². The largest absolute Gasteiger partial charge is 0.355 e. The highest BCUT2D eigenvalue weighted by atomic mass is 32.2. The minimum Gasteiger partial charge on any atom is -0.355 e. The molecule has 2 aliphatic rings. The second-order valence-corrected chi connectivity index (χ2v) is 10.9. The van der Waals surface area contributed by atoms with E-state index in [9.17, 15) is 22.0 Å². The molecule has 11 heteroatoms. The van der Waals surface area contributed by atoms with Gasteiger partial charge < -0.3 is 14.7 Å². The van der Waals surface area contributed by atoms with Gasteiger partial charge in [-0.1, -0.05) is 5.16 Å². The maximum Gasteiger partial charge on any atom is 0.248 e. The number of piperidine rings is 1. The number of hydrogen-bond donors (Lipinski definition) is 1. The van der Waals surface area contributed by atoms with Crippen LogP contribution in [0.15, 0.2) is 27.6 Å². The molecule has 0 unspecified atom stereocenters. The topological polar surface area (TPSA) is 95.8 Å². The smallest absolute Gasteiger partial charge is 0.248 e. The van der Waals surface area contributed by atoms with Crippen molar-refractivity contribution in [3.05, 3.63) is 46.9 Å². The first-order valence-corrected chi connectivity index (χ1v) is 13.3. The molecule has 0 aliphatic carbocycles. The summed E-state index contributed by atoms with van der Waals surface area (Å²) in [5.41, 5.74) is 0.270. The van der Waals surface area contributed by atoms with Crippen LogP contribution in [0, 0.1) is 24.5 Å². The highest BCUT2D eigenvalue weighted by molar-refractivity contribution is 7.89. The van der Waals surface area contributed by atoms with Crippen molar-refractivity contribution in [1.82, 2.24) is 19.7 Å². The number of hydrogen-bond acceptors (Lipinski definition) is 6. The summed E-state index contributed by atoms with van der Waals surface area (Å²) in [4.78, 5) is 14.8. The number of rotatable bonds is 8. The summed E-state index contributed by atoms with van der Waals surface area (Å²) in [6, 6.07) is 3.11. The fourth-order valence-corrected chi connectivity index (χ4v) is 6.30. The second kappa shape index (κ2) is 11.0. The molecule has 0 bridgehead atoms. The van der Waals surface area contributed by atoms with E-state index in [0.29, 0.717) is 19.4 Å². The number of benzene rings is 1. The van der Waals surface area contributed by atoms with Crippen molar-refractivity contribution in [3.63, 3.8) is 0 Å². The molecule has 4 rings (SSSR count). The van der Waals surface area contributed by atoms with E-state index >= 15 is 0 Å². The zero-order valence-corrected chi connectivity index (χ0v) is 20.5. The number of nitrogens with zero attached hydrogens (tertiary/aromatic N) is 3. The van der Waals surface area contributed by atoms with Crippen molar-refractivity contribution >= 4 is 28.1 Å². The van der Waals surface area contributed by atoms with Crippen molar-refractivity contribution in [2.75, 3.05) is 39.3 Å². The lowest BCUT2D eigenvalue weighted by Gasteiger charge is -2.30. The fourth-order valence-electron chi connectivity index (χ4n) is 4.58. The van der Waals surface area contributed by atoms with Crippen molar-refractivity contribution < 1.29 is 26.5 Å². The summed E-state index contributed by atoms with van der Waals surface area (Å²) < 4.78 is 60.3. The molecule has 2 saturated heterocycles. The molecule has 190 valence electrons. The van der Waals surface area contributed by atoms with Gasteiger partial charge in [0.1, 0.15) is 17.3 Å². The highest BCUT2D eigenvalue weighted by Crippen LogP contribution is 2.29. The highest BCUT2D eigenvalue weighted by Gasteiger charge is 2.35. The monoisotopic (exact) mass is 508 g/mol. The van der Waals surface area contributed by atoms with Crippen LogP contribution in [0.25, 0.3) is 12.2 Å². The van der Waals surface area contributed by atoms with Gasteiger partial charge in [0.25, 0.3) is 0 Å². The lowest BCUT2D eigenvalue weighted by Crippen LogP contribution is -2.44. The molecule has 2 aliphatic heterocycles. The van der Waals surface area contributed by atoms with E-state index in [2.05, 4.69) is 15.4 Å². The Hall–Kier alpha value is -2.63. The maximum absolute atomic E-state index is 13.9.